The molecule has 6 nitrogen and oxygen atoms in total. The second-order valence-electron chi connectivity index (χ2n) is 6.38. The largest absolute Gasteiger partial charge is 0.378 e. The summed E-state index contributed by atoms with van der Waals surface area (Å²) in [6.45, 7) is 7.07. The Morgan fingerprint density at radius 1 is 1.30 bits per heavy atom. The van der Waals surface area contributed by atoms with Gasteiger partial charge < -0.3 is 19.9 Å². The smallest absolute Gasteiger partial charge is 0.194 e. The highest BCUT2D eigenvalue weighted by Crippen LogP contribution is 2.16. The van der Waals surface area contributed by atoms with Crippen LogP contribution in [-0.4, -0.2) is 56.2 Å². The lowest BCUT2D eigenvalue weighted by Crippen LogP contribution is -2.38. The van der Waals surface area contributed by atoms with Crippen molar-refractivity contribution in [2.24, 2.45) is 4.99 Å². The van der Waals surface area contributed by atoms with Crippen molar-refractivity contribution in [3.05, 3.63) is 45.9 Å². The van der Waals surface area contributed by atoms with Crippen LogP contribution in [0.4, 0.5) is 5.69 Å². The summed E-state index contributed by atoms with van der Waals surface area (Å²) >= 11 is 1.68. The number of anilines is 1. The molecule has 0 amide bonds. The highest BCUT2D eigenvalue weighted by Gasteiger charge is 2.11. The Morgan fingerprint density at radius 2 is 2.00 bits per heavy atom. The lowest BCUT2D eigenvalue weighted by Gasteiger charge is -2.29. The number of thiazole rings is 1. The Bertz CT molecular complexity index is 728. The minimum Gasteiger partial charge on any atom is -0.378 e. The molecule has 27 heavy (non-hydrogen) atoms. The van der Waals surface area contributed by atoms with Gasteiger partial charge in [-0.05, 0) is 24.6 Å². The van der Waals surface area contributed by atoms with E-state index in [4.69, 9.17) is 4.74 Å². The molecule has 0 saturated carbocycles. The average Bonchev–Trinajstić information content (AvgIpc) is 3.08. The first-order chi connectivity index (χ1) is 12.7. The summed E-state index contributed by atoms with van der Waals surface area (Å²) in [7, 11) is 3.85. The van der Waals surface area contributed by atoms with Crippen molar-refractivity contribution in [2.45, 2.75) is 20.0 Å². The van der Waals surface area contributed by atoms with E-state index < -0.39 is 0 Å². The van der Waals surface area contributed by atoms with Crippen molar-refractivity contribution < 1.29 is 4.74 Å². The number of nitrogens with one attached hydrogen (secondary N) is 1. The molecule has 1 aliphatic heterocycles. The van der Waals surface area contributed by atoms with Crippen LogP contribution in [0.5, 0.6) is 0 Å². The molecule has 1 fully saturated rings. The van der Waals surface area contributed by atoms with Crippen LogP contribution in [0.3, 0.4) is 0 Å². The molecular formula is C19H28IN5OS. The van der Waals surface area contributed by atoms with E-state index >= 15 is 0 Å². The average molecular weight is 501 g/mol. The Morgan fingerprint density at radius 3 is 2.59 bits per heavy atom. The van der Waals surface area contributed by atoms with E-state index in [1.807, 2.05) is 21.0 Å². The summed E-state index contributed by atoms with van der Waals surface area (Å²) < 4.78 is 5.42. The number of rotatable bonds is 5. The number of halogens is 1. The van der Waals surface area contributed by atoms with Gasteiger partial charge in [0.2, 0.25) is 0 Å². The summed E-state index contributed by atoms with van der Waals surface area (Å²) in [5.41, 5.74) is 3.58. The minimum absolute atomic E-state index is 0. The van der Waals surface area contributed by atoms with Crippen LogP contribution in [-0.2, 0) is 17.8 Å². The molecule has 1 N–H and O–H groups in total. The molecular weight excluding hydrogens is 473 g/mol. The first-order valence-corrected chi connectivity index (χ1v) is 9.78. The maximum Gasteiger partial charge on any atom is 0.194 e. The van der Waals surface area contributed by atoms with Crippen LogP contribution in [0.15, 0.2) is 34.6 Å². The Kier molecular flexibility index (Phi) is 8.78. The number of guanidine groups is 1. The number of aromatic nitrogens is 1. The number of ether oxygens (including phenoxy) is 1. The molecule has 148 valence electrons. The topological polar surface area (TPSA) is 53.0 Å². The lowest BCUT2D eigenvalue weighted by molar-refractivity contribution is 0.122. The molecule has 0 aliphatic carbocycles. The Hall–Kier alpha value is -1.39. The molecule has 2 heterocycles. The van der Waals surface area contributed by atoms with E-state index in [1.54, 1.807) is 11.3 Å². The van der Waals surface area contributed by atoms with Crippen molar-refractivity contribution in [3.8, 4) is 0 Å². The van der Waals surface area contributed by atoms with E-state index in [9.17, 15) is 0 Å². The SMILES string of the molecule is CN=C(NCc1ccc(N2CCOCC2)cc1)N(C)Cc1csc(C)n1.I. The van der Waals surface area contributed by atoms with Gasteiger partial charge in [-0.25, -0.2) is 4.98 Å². The van der Waals surface area contributed by atoms with Crippen LogP contribution >= 0.6 is 35.3 Å². The van der Waals surface area contributed by atoms with Gasteiger partial charge >= 0.3 is 0 Å². The maximum absolute atomic E-state index is 5.42. The molecule has 0 unspecified atom stereocenters. The third-order valence-electron chi connectivity index (χ3n) is 4.40. The van der Waals surface area contributed by atoms with Gasteiger partial charge in [0.05, 0.1) is 30.5 Å². The highest BCUT2D eigenvalue weighted by molar-refractivity contribution is 14.0. The van der Waals surface area contributed by atoms with Gasteiger partial charge in [-0.3, -0.25) is 4.99 Å². The van der Waals surface area contributed by atoms with Crippen molar-refractivity contribution in [1.29, 1.82) is 0 Å². The molecule has 8 heteroatoms. The highest BCUT2D eigenvalue weighted by atomic mass is 127. The first-order valence-electron chi connectivity index (χ1n) is 8.90. The molecule has 0 spiro atoms. The van der Waals surface area contributed by atoms with Crippen molar-refractivity contribution in [2.75, 3.05) is 45.3 Å². The monoisotopic (exact) mass is 501 g/mol. The standard InChI is InChI=1S/C19H27N5OS.HI/c1-15-22-17(14-26-15)13-23(3)19(20-2)21-12-16-4-6-18(7-5-16)24-8-10-25-11-9-24;/h4-7,14H,8-13H2,1-3H3,(H,20,21);1H. The minimum atomic E-state index is 0. The Balaban J connectivity index is 0.00000261. The number of aryl methyl sites for hydroxylation is 1. The number of benzene rings is 1. The fraction of sp³-hybridized carbons (Fsp3) is 0.474. The summed E-state index contributed by atoms with van der Waals surface area (Å²) in [6, 6.07) is 8.73. The first kappa shape index (κ1) is 21.9. The predicted molar refractivity (Wildman–Crippen MR) is 123 cm³/mol. The number of hydrogen-bond donors (Lipinski definition) is 1. The quantitative estimate of drug-likeness (QED) is 0.388. The normalized spacial score (nSPS) is 14.6. The van der Waals surface area contributed by atoms with Gasteiger partial charge in [0.15, 0.2) is 5.96 Å². The molecule has 0 atom stereocenters. The molecule has 1 aromatic heterocycles. The molecule has 0 radical (unpaired) electrons. The van der Waals surface area contributed by atoms with Crippen molar-refractivity contribution >= 4 is 47.0 Å². The summed E-state index contributed by atoms with van der Waals surface area (Å²) in [6.07, 6.45) is 0. The van der Waals surface area contributed by atoms with E-state index in [0.29, 0.717) is 0 Å². The molecule has 1 aliphatic rings. The van der Waals surface area contributed by atoms with Crippen molar-refractivity contribution in [1.82, 2.24) is 15.2 Å². The third-order valence-corrected chi connectivity index (χ3v) is 5.22. The lowest BCUT2D eigenvalue weighted by atomic mass is 10.2. The Labute approximate surface area is 182 Å². The number of nitrogens with zero attached hydrogens (tertiary/aromatic N) is 4. The fourth-order valence-corrected chi connectivity index (χ4v) is 3.61. The van der Waals surface area contributed by atoms with Crippen LogP contribution in [0.2, 0.25) is 0 Å². The fourth-order valence-electron chi connectivity index (χ4n) is 3.01. The van der Waals surface area contributed by atoms with Gasteiger partial charge in [0.1, 0.15) is 0 Å². The van der Waals surface area contributed by atoms with Gasteiger partial charge in [-0.15, -0.1) is 35.3 Å². The zero-order valence-corrected chi connectivity index (χ0v) is 19.3. The molecule has 3 rings (SSSR count). The van der Waals surface area contributed by atoms with Crippen LogP contribution < -0.4 is 10.2 Å². The van der Waals surface area contributed by atoms with Gasteiger partial charge in [-0.1, -0.05) is 12.1 Å². The third kappa shape index (κ3) is 6.32. The van der Waals surface area contributed by atoms with E-state index in [-0.39, 0.29) is 24.0 Å². The molecule has 1 aromatic carbocycles. The number of morpholine rings is 1. The van der Waals surface area contributed by atoms with Crippen LogP contribution in [0.25, 0.3) is 0 Å². The van der Waals surface area contributed by atoms with E-state index in [1.165, 1.54) is 11.3 Å². The second kappa shape index (κ2) is 10.8. The zero-order chi connectivity index (χ0) is 18.4. The van der Waals surface area contributed by atoms with Gasteiger partial charge in [0.25, 0.3) is 0 Å². The van der Waals surface area contributed by atoms with Gasteiger partial charge in [-0.2, -0.15) is 0 Å². The molecule has 1 saturated heterocycles. The van der Waals surface area contributed by atoms with E-state index in [2.05, 4.69) is 54.7 Å². The molecule has 2 aromatic rings. The number of hydrogen-bond acceptors (Lipinski definition) is 5. The second-order valence-corrected chi connectivity index (χ2v) is 7.44. The van der Waals surface area contributed by atoms with Crippen molar-refractivity contribution in [3.63, 3.8) is 0 Å². The predicted octanol–water partition coefficient (Wildman–Crippen LogP) is 3.11. The zero-order valence-electron chi connectivity index (χ0n) is 16.1. The molecule has 0 bridgehead atoms. The van der Waals surface area contributed by atoms with Gasteiger partial charge in [0, 0.05) is 44.8 Å². The summed E-state index contributed by atoms with van der Waals surface area (Å²) in [4.78, 5) is 13.4. The van der Waals surface area contributed by atoms with E-state index in [0.717, 1.165) is 56.1 Å². The summed E-state index contributed by atoms with van der Waals surface area (Å²) in [5.74, 6) is 0.868. The van der Waals surface area contributed by atoms with Crippen LogP contribution in [0.1, 0.15) is 16.3 Å². The van der Waals surface area contributed by atoms with Crippen LogP contribution in [0, 0.1) is 6.92 Å². The maximum atomic E-state index is 5.42. The number of aliphatic imine (C=N–C) groups is 1. The summed E-state index contributed by atoms with van der Waals surface area (Å²) in [5, 5.41) is 6.62.